The van der Waals surface area contributed by atoms with Crippen LogP contribution in [0.1, 0.15) is 0 Å². The van der Waals surface area contributed by atoms with E-state index in [1.165, 1.54) is 0 Å². The third-order valence-corrected chi connectivity index (χ3v) is 2.64. The molecule has 2 aromatic heterocycles. The van der Waals surface area contributed by atoms with E-state index in [9.17, 15) is 0 Å². The summed E-state index contributed by atoms with van der Waals surface area (Å²) in [5, 5.41) is 9.26. The first kappa shape index (κ1) is 10.6. The fraction of sp³-hybridized carbons (Fsp3) is 0. The molecule has 0 aliphatic rings. The number of rotatable bonds is 0. The van der Waals surface area contributed by atoms with Gasteiger partial charge in [-0.25, -0.2) is 4.98 Å². The van der Waals surface area contributed by atoms with Crippen LogP contribution in [0.4, 0.5) is 0 Å². The fourth-order valence-corrected chi connectivity index (χ4v) is 1.78. The first-order chi connectivity index (χ1) is 8.93. The third kappa shape index (κ3) is 2.11. The van der Waals surface area contributed by atoms with Crippen molar-refractivity contribution < 1.29 is 0 Å². The van der Waals surface area contributed by atoms with E-state index in [2.05, 4.69) is 15.2 Å². The maximum absolute atomic E-state index is 4.59. The number of aromatic nitrogens is 3. The van der Waals surface area contributed by atoms with Gasteiger partial charge in [0.05, 0.1) is 11.0 Å². The second kappa shape index (κ2) is 4.75. The number of nitrogens with zero attached hydrogens (tertiary/aromatic N) is 3. The molecule has 0 atom stereocenters. The Balaban J connectivity index is 2.42. The van der Waals surface area contributed by atoms with Gasteiger partial charge in [-0.1, -0.05) is 36.4 Å². The van der Waals surface area contributed by atoms with Gasteiger partial charge in [0.25, 0.3) is 0 Å². The summed E-state index contributed by atoms with van der Waals surface area (Å²) < 4.78 is 0. The van der Waals surface area contributed by atoms with Crippen molar-refractivity contribution in [2.75, 3.05) is 0 Å². The Hall–Kier alpha value is -2.55. The SMILES string of the molecule is c1cccc2nc3ccccc3cc2nncc1. The van der Waals surface area contributed by atoms with Crippen LogP contribution in [0.2, 0.25) is 0 Å². The molecule has 2 heterocycles. The van der Waals surface area contributed by atoms with Gasteiger partial charge in [-0.05, 0) is 24.3 Å². The molecule has 0 aliphatic carbocycles. The quantitative estimate of drug-likeness (QED) is 0.598. The Bertz CT molecular complexity index is 686. The maximum Gasteiger partial charge on any atom is 0.112 e. The van der Waals surface area contributed by atoms with Crippen molar-refractivity contribution in [1.29, 1.82) is 0 Å². The Labute approximate surface area is 104 Å². The zero-order valence-corrected chi connectivity index (χ0v) is 9.69. The minimum Gasteiger partial charge on any atom is -0.246 e. The molecule has 1 aromatic carbocycles. The Morgan fingerprint density at radius 3 is 2.44 bits per heavy atom. The lowest BCUT2D eigenvalue weighted by Gasteiger charge is -1.97. The van der Waals surface area contributed by atoms with E-state index in [1.54, 1.807) is 6.20 Å². The molecule has 0 saturated heterocycles. The van der Waals surface area contributed by atoms with Crippen LogP contribution in [0.15, 0.2) is 66.9 Å². The second-order valence-corrected chi connectivity index (χ2v) is 3.89. The number of fused-ring (bicyclic) bond motifs is 2. The molecule has 0 fully saturated rings. The lowest BCUT2D eigenvalue weighted by molar-refractivity contribution is 1.08. The first-order valence-electron chi connectivity index (χ1n) is 5.74. The predicted molar refractivity (Wildman–Crippen MR) is 72.5 cm³/mol. The topological polar surface area (TPSA) is 38.7 Å². The fourth-order valence-electron chi connectivity index (χ4n) is 1.78. The standard InChI is InChI=1S/C15H11N3/c1-2-6-10-16-18-15-11-12-7-4-5-8-13(12)17-14(15)9-3-1/h1-11H. The van der Waals surface area contributed by atoms with Gasteiger partial charge in [-0.3, -0.25) is 0 Å². The predicted octanol–water partition coefficient (Wildman–Crippen LogP) is 3.30. The molecule has 3 aromatic rings. The molecule has 0 saturated carbocycles. The normalized spacial score (nSPS) is 10.2. The van der Waals surface area contributed by atoms with E-state index in [-0.39, 0.29) is 0 Å². The molecule has 0 N–H and O–H groups in total. The Morgan fingerprint density at radius 2 is 1.44 bits per heavy atom. The summed E-state index contributed by atoms with van der Waals surface area (Å²) >= 11 is 0. The van der Waals surface area contributed by atoms with Crippen LogP contribution in [0, 0.1) is 0 Å². The van der Waals surface area contributed by atoms with Gasteiger partial charge in [0.2, 0.25) is 0 Å². The summed E-state index contributed by atoms with van der Waals surface area (Å²) in [5.41, 5.74) is 2.58. The summed E-state index contributed by atoms with van der Waals surface area (Å²) in [6.45, 7) is 0. The molecule has 0 spiro atoms. The average Bonchev–Trinajstić information content (AvgIpc) is 2.42. The Kier molecular flexibility index (Phi) is 2.80. The maximum atomic E-state index is 4.59. The molecule has 0 unspecified atom stereocenters. The smallest absolute Gasteiger partial charge is 0.112 e. The van der Waals surface area contributed by atoms with Crippen molar-refractivity contribution in [3.63, 3.8) is 0 Å². The van der Waals surface area contributed by atoms with E-state index < -0.39 is 0 Å². The minimum atomic E-state index is 0.782. The highest BCUT2D eigenvalue weighted by atomic mass is 15.1. The van der Waals surface area contributed by atoms with E-state index in [1.807, 2.05) is 60.7 Å². The van der Waals surface area contributed by atoms with Crippen molar-refractivity contribution in [3.8, 4) is 0 Å². The average molecular weight is 233 g/mol. The largest absolute Gasteiger partial charge is 0.246 e. The molecule has 86 valence electrons. The Morgan fingerprint density at radius 1 is 0.667 bits per heavy atom. The van der Waals surface area contributed by atoms with Gasteiger partial charge < -0.3 is 0 Å². The number of para-hydroxylation sites is 1. The van der Waals surface area contributed by atoms with E-state index in [4.69, 9.17) is 0 Å². The highest BCUT2D eigenvalue weighted by Crippen LogP contribution is 2.15. The zero-order chi connectivity index (χ0) is 12.2. The van der Waals surface area contributed by atoms with Gasteiger partial charge in [-0.15, -0.1) is 5.10 Å². The summed E-state index contributed by atoms with van der Waals surface area (Å²) in [6.07, 6.45) is 1.66. The summed E-state index contributed by atoms with van der Waals surface area (Å²) in [7, 11) is 0. The van der Waals surface area contributed by atoms with Crippen molar-refractivity contribution in [2.24, 2.45) is 0 Å². The molecule has 0 bridgehead atoms. The van der Waals surface area contributed by atoms with Crippen molar-refractivity contribution in [2.45, 2.75) is 0 Å². The number of hydrogen-bond acceptors (Lipinski definition) is 3. The molecular weight excluding hydrogens is 222 g/mol. The van der Waals surface area contributed by atoms with Gasteiger partial charge in [0.1, 0.15) is 5.52 Å². The van der Waals surface area contributed by atoms with Crippen LogP contribution in [-0.2, 0) is 0 Å². The van der Waals surface area contributed by atoms with E-state index in [0.717, 1.165) is 21.9 Å². The molecule has 3 rings (SSSR count). The second-order valence-electron chi connectivity index (χ2n) is 3.89. The molecular formula is C15H11N3. The van der Waals surface area contributed by atoms with Crippen LogP contribution < -0.4 is 0 Å². The first-order valence-corrected chi connectivity index (χ1v) is 5.74. The molecule has 3 nitrogen and oxygen atoms in total. The third-order valence-electron chi connectivity index (χ3n) is 2.64. The summed E-state index contributed by atoms with van der Waals surface area (Å²) in [4.78, 5) is 4.59. The van der Waals surface area contributed by atoms with Gasteiger partial charge in [0, 0.05) is 11.6 Å². The molecule has 0 amide bonds. The van der Waals surface area contributed by atoms with Crippen LogP contribution in [-0.4, -0.2) is 15.2 Å². The lowest BCUT2D eigenvalue weighted by Crippen LogP contribution is -1.83. The van der Waals surface area contributed by atoms with E-state index in [0.29, 0.717) is 0 Å². The van der Waals surface area contributed by atoms with Gasteiger partial charge in [0.15, 0.2) is 0 Å². The van der Waals surface area contributed by atoms with Gasteiger partial charge in [-0.2, -0.15) is 5.10 Å². The van der Waals surface area contributed by atoms with Crippen LogP contribution in [0.5, 0.6) is 0 Å². The van der Waals surface area contributed by atoms with Crippen molar-refractivity contribution in [1.82, 2.24) is 15.2 Å². The van der Waals surface area contributed by atoms with Gasteiger partial charge >= 0.3 is 0 Å². The number of hydrogen-bond donors (Lipinski definition) is 0. The molecule has 3 heteroatoms. The highest BCUT2D eigenvalue weighted by molar-refractivity contribution is 5.89. The molecule has 0 radical (unpaired) electrons. The van der Waals surface area contributed by atoms with Crippen molar-refractivity contribution >= 4 is 21.9 Å². The number of benzene rings is 1. The lowest BCUT2D eigenvalue weighted by atomic mass is 10.2. The summed E-state index contributed by atoms with van der Waals surface area (Å²) in [5.74, 6) is 0. The van der Waals surface area contributed by atoms with Crippen LogP contribution in [0.25, 0.3) is 21.9 Å². The molecule has 0 aliphatic heterocycles. The zero-order valence-electron chi connectivity index (χ0n) is 9.69. The summed E-state index contributed by atoms with van der Waals surface area (Å²) in [6, 6.07) is 19.6. The van der Waals surface area contributed by atoms with Crippen LogP contribution in [0.3, 0.4) is 0 Å². The molecule has 18 heavy (non-hydrogen) atoms. The highest BCUT2D eigenvalue weighted by Gasteiger charge is 1.97. The minimum absolute atomic E-state index is 0.782. The number of pyridine rings is 1. The van der Waals surface area contributed by atoms with Crippen LogP contribution >= 0.6 is 0 Å². The monoisotopic (exact) mass is 233 g/mol. The van der Waals surface area contributed by atoms with E-state index >= 15 is 0 Å². The van der Waals surface area contributed by atoms with Crippen molar-refractivity contribution in [3.05, 3.63) is 66.9 Å².